The van der Waals surface area contributed by atoms with E-state index in [1.807, 2.05) is 19.1 Å². The summed E-state index contributed by atoms with van der Waals surface area (Å²) < 4.78 is 30.3. The third kappa shape index (κ3) is 2.70. The van der Waals surface area contributed by atoms with Crippen molar-refractivity contribution in [1.29, 1.82) is 0 Å². The lowest BCUT2D eigenvalue weighted by molar-refractivity contribution is 0.290. The molecule has 0 atom stereocenters. The van der Waals surface area contributed by atoms with Crippen molar-refractivity contribution in [2.24, 2.45) is 0 Å². The number of aryl methyl sites for hydroxylation is 1. The van der Waals surface area contributed by atoms with Gasteiger partial charge in [-0.2, -0.15) is 26.6 Å². The maximum Gasteiger partial charge on any atom is 0.281 e. The zero-order valence-electron chi connectivity index (χ0n) is 13.8. The number of hydrogen-bond donors (Lipinski definition) is 0. The van der Waals surface area contributed by atoms with E-state index in [4.69, 9.17) is 0 Å². The molecule has 0 spiro atoms. The van der Waals surface area contributed by atoms with Crippen LogP contribution < -0.4 is 0 Å². The van der Waals surface area contributed by atoms with Crippen LogP contribution in [0.4, 0.5) is 0 Å². The minimum Gasteiger partial charge on any atom is -0.197 e. The van der Waals surface area contributed by atoms with Crippen molar-refractivity contribution in [3.8, 4) is 0 Å². The number of piperidine rings is 1. The molecule has 2 aromatic heterocycles. The first-order chi connectivity index (χ1) is 11.6. The number of aromatic nitrogens is 4. The van der Waals surface area contributed by atoms with Gasteiger partial charge >= 0.3 is 0 Å². The highest BCUT2D eigenvalue weighted by molar-refractivity contribution is 7.86. The molecule has 0 amide bonds. The molecule has 2 aromatic rings. The molecule has 0 saturated carbocycles. The van der Waals surface area contributed by atoms with Gasteiger partial charge in [0.15, 0.2) is 11.5 Å². The molecule has 2 saturated heterocycles. The fourth-order valence-electron chi connectivity index (χ4n) is 3.58. The van der Waals surface area contributed by atoms with Crippen LogP contribution in [0.2, 0.25) is 0 Å². The molecular formula is C15H22N6O2S. The molecule has 9 heteroatoms. The number of fused-ring (bicyclic) bond motifs is 1. The van der Waals surface area contributed by atoms with Crippen molar-refractivity contribution in [2.45, 2.75) is 38.5 Å². The molecule has 4 heterocycles. The van der Waals surface area contributed by atoms with Crippen molar-refractivity contribution in [2.75, 3.05) is 26.2 Å². The Balaban J connectivity index is 1.50. The van der Waals surface area contributed by atoms with Gasteiger partial charge in [0.25, 0.3) is 10.2 Å². The van der Waals surface area contributed by atoms with Gasteiger partial charge in [0.1, 0.15) is 0 Å². The summed E-state index contributed by atoms with van der Waals surface area (Å²) in [6.45, 7) is 4.31. The third-order valence-electron chi connectivity index (χ3n) is 4.96. The second-order valence-electron chi connectivity index (χ2n) is 6.59. The largest absolute Gasteiger partial charge is 0.281 e. The summed E-state index contributed by atoms with van der Waals surface area (Å²) in [4.78, 5) is 0. The van der Waals surface area contributed by atoms with E-state index >= 15 is 0 Å². The second kappa shape index (κ2) is 6.05. The second-order valence-corrected chi connectivity index (χ2v) is 8.52. The molecule has 130 valence electrons. The Hall–Kier alpha value is -1.58. The predicted octanol–water partition coefficient (Wildman–Crippen LogP) is 0.953. The van der Waals surface area contributed by atoms with E-state index in [1.54, 1.807) is 13.1 Å². The zero-order valence-corrected chi connectivity index (χ0v) is 14.6. The molecule has 2 aliphatic heterocycles. The van der Waals surface area contributed by atoms with Gasteiger partial charge in [0, 0.05) is 32.1 Å². The molecule has 0 aliphatic carbocycles. The van der Waals surface area contributed by atoms with E-state index in [2.05, 4.69) is 15.3 Å². The summed E-state index contributed by atoms with van der Waals surface area (Å²) in [6.07, 6.45) is 3.44. The first kappa shape index (κ1) is 15.9. The lowest BCUT2D eigenvalue weighted by atomic mass is 9.97. The van der Waals surface area contributed by atoms with Crippen LogP contribution in [0.25, 0.3) is 5.65 Å². The summed E-state index contributed by atoms with van der Waals surface area (Å²) in [6, 6.07) is 3.82. The summed E-state index contributed by atoms with van der Waals surface area (Å²) in [5.74, 6) is 1.03. The van der Waals surface area contributed by atoms with E-state index in [9.17, 15) is 8.42 Å². The van der Waals surface area contributed by atoms with Crippen LogP contribution in [0.15, 0.2) is 12.1 Å². The molecule has 0 N–H and O–H groups in total. The van der Waals surface area contributed by atoms with E-state index in [0.717, 1.165) is 42.8 Å². The summed E-state index contributed by atoms with van der Waals surface area (Å²) in [5.41, 5.74) is 1.65. The van der Waals surface area contributed by atoms with E-state index in [0.29, 0.717) is 26.2 Å². The van der Waals surface area contributed by atoms with Crippen molar-refractivity contribution in [3.63, 3.8) is 0 Å². The lowest BCUT2D eigenvalue weighted by Crippen LogP contribution is -2.46. The van der Waals surface area contributed by atoms with Gasteiger partial charge in [-0.05, 0) is 44.7 Å². The van der Waals surface area contributed by atoms with Gasteiger partial charge in [-0.3, -0.25) is 0 Å². The van der Waals surface area contributed by atoms with Crippen LogP contribution in [0.5, 0.6) is 0 Å². The number of rotatable bonds is 3. The quantitative estimate of drug-likeness (QED) is 0.823. The van der Waals surface area contributed by atoms with Crippen LogP contribution in [0, 0.1) is 6.92 Å². The fourth-order valence-corrected chi connectivity index (χ4v) is 5.30. The molecular weight excluding hydrogens is 328 g/mol. The monoisotopic (exact) mass is 350 g/mol. The van der Waals surface area contributed by atoms with Crippen molar-refractivity contribution < 1.29 is 8.42 Å². The SMILES string of the molecule is Cc1ccc2nnc(C3CCN(S(=O)(=O)N4CCCC4)CC3)n2n1. The Kier molecular flexibility index (Phi) is 4.01. The molecule has 0 bridgehead atoms. The number of hydrogen-bond acceptors (Lipinski definition) is 5. The maximum absolute atomic E-state index is 12.6. The highest BCUT2D eigenvalue weighted by Crippen LogP contribution is 2.29. The molecule has 0 unspecified atom stereocenters. The van der Waals surface area contributed by atoms with Crippen LogP contribution in [0.3, 0.4) is 0 Å². The highest BCUT2D eigenvalue weighted by Gasteiger charge is 2.35. The van der Waals surface area contributed by atoms with Crippen LogP contribution in [-0.2, 0) is 10.2 Å². The standard InChI is InChI=1S/C15H22N6O2S/c1-12-4-5-14-16-17-15(21(14)18-12)13-6-10-20(11-7-13)24(22,23)19-8-2-3-9-19/h4-5,13H,2-3,6-11H2,1H3. The smallest absolute Gasteiger partial charge is 0.197 e. The van der Waals surface area contributed by atoms with Gasteiger partial charge in [-0.15, -0.1) is 10.2 Å². The number of nitrogens with zero attached hydrogens (tertiary/aromatic N) is 6. The average molecular weight is 350 g/mol. The van der Waals surface area contributed by atoms with Crippen molar-refractivity contribution >= 4 is 15.9 Å². The van der Waals surface area contributed by atoms with E-state index in [1.165, 1.54) is 0 Å². The summed E-state index contributed by atoms with van der Waals surface area (Å²) in [5, 5.41) is 13.0. The Morgan fingerprint density at radius 2 is 1.67 bits per heavy atom. The molecule has 4 rings (SSSR count). The fraction of sp³-hybridized carbons (Fsp3) is 0.667. The van der Waals surface area contributed by atoms with Gasteiger partial charge in [-0.1, -0.05) is 0 Å². The Labute approximate surface area is 141 Å². The normalized spacial score (nSPS) is 21.7. The average Bonchev–Trinajstić information content (AvgIpc) is 3.25. The third-order valence-corrected chi connectivity index (χ3v) is 6.99. The molecule has 24 heavy (non-hydrogen) atoms. The Morgan fingerprint density at radius 1 is 1.00 bits per heavy atom. The maximum atomic E-state index is 12.6. The molecule has 2 fully saturated rings. The Bertz CT molecular complexity index is 835. The Morgan fingerprint density at radius 3 is 2.38 bits per heavy atom. The van der Waals surface area contributed by atoms with E-state index < -0.39 is 10.2 Å². The van der Waals surface area contributed by atoms with Crippen molar-refractivity contribution in [3.05, 3.63) is 23.7 Å². The lowest BCUT2D eigenvalue weighted by Gasteiger charge is -2.32. The minimum atomic E-state index is -3.30. The van der Waals surface area contributed by atoms with Gasteiger partial charge in [0.05, 0.1) is 5.69 Å². The molecule has 0 radical (unpaired) electrons. The van der Waals surface area contributed by atoms with Gasteiger partial charge in [0.2, 0.25) is 0 Å². The van der Waals surface area contributed by atoms with Gasteiger partial charge in [-0.25, -0.2) is 0 Å². The summed E-state index contributed by atoms with van der Waals surface area (Å²) in [7, 11) is -3.30. The molecule has 8 nitrogen and oxygen atoms in total. The minimum absolute atomic E-state index is 0.194. The highest BCUT2D eigenvalue weighted by atomic mass is 32.2. The van der Waals surface area contributed by atoms with Crippen LogP contribution in [0.1, 0.15) is 43.1 Å². The molecule has 2 aliphatic rings. The van der Waals surface area contributed by atoms with Crippen molar-refractivity contribution in [1.82, 2.24) is 28.4 Å². The topological polar surface area (TPSA) is 83.7 Å². The van der Waals surface area contributed by atoms with Gasteiger partial charge < -0.3 is 0 Å². The van der Waals surface area contributed by atoms with Crippen LogP contribution >= 0.6 is 0 Å². The first-order valence-electron chi connectivity index (χ1n) is 8.50. The molecule has 0 aromatic carbocycles. The first-order valence-corrected chi connectivity index (χ1v) is 9.89. The predicted molar refractivity (Wildman–Crippen MR) is 88.8 cm³/mol. The van der Waals surface area contributed by atoms with Crippen LogP contribution in [-0.4, -0.2) is 63.0 Å². The zero-order chi connectivity index (χ0) is 16.7. The summed E-state index contributed by atoms with van der Waals surface area (Å²) >= 11 is 0. The van der Waals surface area contributed by atoms with E-state index in [-0.39, 0.29) is 5.92 Å².